The minimum absolute atomic E-state index is 0.0416. The molecule has 1 aliphatic heterocycles. The van der Waals surface area contributed by atoms with Crippen LogP contribution in [0.1, 0.15) is 18.4 Å². The van der Waals surface area contributed by atoms with Crippen molar-refractivity contribution < 1.29 is 4.79 Å². The van der Waals surface area contributed by atoms with E-state index in [0.717, 1.165) is 42.0 Å². The maximum atomic E-state index is 12.8. The van der Waals surface area contributed by atoms with Gasteiger partial charge in [-0.1, -0.05) is 30.3 Å². The second-order valence-corrected chi connectivity index (χ2v) is 7.19. The number of nitrogens with one attached hydrogen (secondary N) is 1. The van der Waals surface area contributed by atoms with E-state index < -0.39 is 0 Å². The van der Waals surface area contributed by atoms with Crippen LogP contribution in [0.4, 0.5) is 11.6 Å². The van der Waals surface area contributed by atoms with Crippen molar-refractivity contribution in [1.82, 2.24) is 20.3 Å². The molecule has 1 aromatic carbocycles. The molecule has 0 bridgehead atoms. The number of amides is 1. The second-order valence-electron chi connectivity index (χ2n) is 7.19. The number of benzene rings is 1. The molecule has 7 nitrogen and oxygen atoms in total. The highest BCUT2D eigenvalue weighted by Gasteiger charge is 2.31. The molecule has 0 unspecified atom stereocenters. The van der Waals surface area contributed by atoms with Gasteiger partial charge in [-0.15, -0.1) is 0 Å². The van der Waals surface area contributed by atoms with Crippen molar-refractivity contribution in [2.75, 3.05) is 30.4 Å². The molecule has 28 heavy (non-hydrogen) atoms. The highest BCUT2D eigenvalue weighted by molar-refractivity contribution is 5.89. The molecule has 4 rings (SSSR count). The van der Waals surface area contributed by atoms with E-state index in [9.17, 15) is 4.79 Å². The van der Waals surface area contributed by atoms with Gasteiger partial charge < -0.3 is 15.1 Å². The second kappa shape index (κ2) is 7.80. The van der Waals surface area contributed by atoms with Gasteiger partial charge in [-0.3, -0.25) is 4.79 Å². The van der Waals surface area contributed by atoms with E-state index in [2.05, 4.69) is 20.2 Å². The van der Waals surface area contributed by atoms with Crippen molar-refractivity contribution >= 4 is 28.6 Å². The van der Waals surface area contributed by atoms with Gasteiger partial charge in [0.2, 0.25) is 5.91 Å². The molecule has 3 aromatic rings. The van der Waals surface area contributed by atoms with Crippen LogP contribution in [0, 0.1) is 0 Å². The van der Waals surface area contributed by atoms with Crippen molar-refractivity contribution in [3.05, 3.63) is 54.4 Å². The smallest absolute Gasteiger partial charge is 0.243 e. The van der Waals surface area contributed by atoms with Crippen LogP contribution in [0.5, 0.6) is 0 Å². The minimum Gasteiger partial charge on any atom is -0.362 e. The largest absolute Gasteiger partial charge is 0.362 e. The standard InChI is InChI=1S/C21H24N6O/c1-26(2)20-16-10-11-18(25-19(16)23-14-24-20)27-12-6-9-17(27)21(28)22-13-15-7-4-3-5-8-15/h3-5,7-8,10-11,14,17H,6,9,12-13H2,1-2H3,(H,22,28)/t17-/m1/s1. The normalized spacial score (nSPS) is 16.4. The first-order valence-electron chi connectivity index (χ1n) is 9.51. The fraction of sp³-hybridized carbons (Fsp3) is 0.333. The van der Waals surface area contributed by atoms with Crippen molar-refractivity contribution in [2.45, 2.75) is 25.4 Å². The molecule has 1 N–H and O–H groups in total. The molecule has 144 valence electrons. The number of carbonyl (C=O) groups excluding carboxylic acids is 1. The van der Waals surface area contributed by atoms with Gasteiger partial charge in [0, 0.05) is 27.2 Å². The van der Waals surface area contributed by atoms with Crippen LogP contribution >= 0.6 is 0 Å². The average Bonchev–Trinajstić information content (AvgIpc) is 3.22. The van der Waals surface area contributed by atoms with Crippen molar-refractivity contribution in [1.29, 1.82) is 0 Å². The van der Waals surface area contributed by atoms with Crippen LogP contribution in [0.15, 0.2) is 48.8 Å². The lowest BCUT2D eigenvalue weighted by molar-refractivity contribution is -0.122. The molecule has 1 aliphatic rings. The van der Waals surface area contributed by atoms with E-state index in [1.807, 2.05) is 61.5 Å². The highest BCUT2D eigenvalue weighted by Crippen LogP contribution is 2.27. The molecule has 3 heterocycles. The number of fused-ring (bicyclic) bond motifs is 1. The summed E-state index contributed by atoms with van der Waals surface area (Å²) in [5.74, 6) is 1.66. The summed E-state index contributed by atoms with van der Waals surface area (Å²) in [6, 6.07) is 13.7. The summed E-state index contributed by atoms with van der Waals surface area (Å²) in [5.41, 5.74) is 1.74. The van der Waals surface area contributed by atoms with Gasteiger partial charge >= 0.3 is 0 Å². The number of hydrogen-bond acceptors (Lipinski definition) is 6. The van der Waals surface area contributed by atoms with E-state index in [1.165, 1.54) is 6.33 Å². The number of rotatable bonds is 5. The SMILES string of the molecule is CN(C)c1ncnc2nc(N3CCC[C@@H]3C(=O)NCc3ccccc3)ccc12. The molecule has 0 spiro atoms. The summed E-state index contributed by atoms with van der Waals surface area (Å²) >= 11 is 0. The third-order valence-corrected chi connectivity index (χ3v) is 5.04. The first kappa shape index (κ1) is 18.2. The van der Waals surface area contributed by atoms with E-state index in [1.54, 1.807) is 0 Å². The Hall–Kier alpha value is -3.22. The molecule has 1 saturated heterocycles. The van der Waals surface area contributed by atoms with Crippen molar-refractivity contribution in [3.63, 3.8) is 0 Å². The zero-order valence-corrected chi connectivity index (χ0v) is 16.2. The molecule has 1 atom stereocenters. The fourth-order valence-electron chi connectivity index (χ4n) is 3.65. The third kappa shape index (κ3) is 3.60. The van der Waals surface area contributed by atoms with E-state index in [4.69, 9.17) is 4.98 Å². The summed E-state index contributed by atoms with van der Waals surface area (Å²) in [5, 5.41) is 3.96. The number of anilines is 2. The molecule has 1 fully saturated rings. The highest BCUT2D eigenvalue weighted by atomic mass is 16.2. The number of carbonyl (C=O) groups is 1. The van der Waals surface area contributed by atoms with Crippen molar-refractivity contribution in [2.24, 2.45) is 0 Å². The molecule has 0 saturated carbocycles. The Balaban J connectivity index is 1.53. The minimum atomic E-state index is -0.205. The Morgan fingerprint density at radius 3 is 2.79 bits per heavy atom. The van der Waals surface area contributed by atoms with Crippen LogP contribution in [-0.4, -0.2) is 47.5 Å². The third-order valence-electron chi connectivity index (χ3n) is 5.04. The van der Waals surface area contributed by atoms with Crippen LogP contribution in [0.25, 0.3) is 11.0 Å². The Morgan fingerprint density at radius 2 is 2.00 bits per heavy atom. The number of nitrogens with zero attached hydrogens (tertiary/aromatic N) is 5. The summed E-state index contributed by atoms with van der Waals surface area (Å²) in [6.07, 6.45) is 3.32. The summed E-state index contributed by atoms with van der Waals surface area (Å²) < 4.78 is 0. The zero-order valence-electron chi connectivity index (χ0n) is 16.2. The molecule has 1 amide bonds. The van der Waals surface area contributed by atoms with E-state index in [0.29, 0.717) is 12.2 Å². The van der Waals surface area contributed by atoms with E-state index >= 15 is 0 Å². The quantitative estimate of drug-likeness (QED) is 0.737. The topological polar surface area (TPSA) is 74.2 Å². The van der Waals surface area contributed by atoms with Crippen LogP contribution < -0.4 is 15.1 Å². The molecular weight excluding hydrogens is 352 g/mol. The maximum absolute atomic E-state index is 12.8. The van der Waals surface area contributed by atoms with Gasteiger partial charge in [0.05, 0.1) is 5.39 Å². The lowest BCUT2D eigenvalue weighted by Crippen LogP contribution is -2.43. The number of aromatic nitrogens is 3. The monoisotopic (exact) mass is 376 g/mol. The first-order valence-corrected chi connectivity index (χ1v) is 9.51. The van der Waals surface area contributed by atoms with Gasteiger partial charge in [-0.25, -0.2) is 15.0 Å². The Bertz CT molecular complexity index is 975. The zero-order chi connectivity index (χ0) is 19.5. The fourth-order valence-corrected chi connectivity index (χ4v) is 3.65. The summed E-state index contributed by atoms with van der Waals surface area (Å²) in [4.78, 5) is 30.2. The molecule has 2 aromatic heterocycles. The maximum Gasteiger partial charge on any atom is 0.243 e. The number of hydrogen-bond donors (Lipinski definition) is 1. The van der Waals surface area contributed by atoms with Gasteiger partial charge in [-0.05, 0) is 30.5 Å². The van der Waals surface area contributed by atoms with Crippen LogP contribution in [-0.2, 0) is 11.3 Å². The molecular formula is C21H24N6O. The van der Waals surface area contributed by atoms with Gasteiger partial charge in [0.1, 0.15) is 24.0 Å². The predicted octanol–water partition coefficient (Wildman–Crippen LogP) is 2.38. The number of pyridine rings is 1. The lowest BCUT2D eigenvalue weighted by atomic mass is 10.2. The average molecular weight is 376 g/mol. The van der Waals surface area contributed by atoms with Crippen LogP contribution in [0.2, 0.25) is 0 Å². The van der Waals surface area contributed by atoms with Gasteiger partial charge in [0.25, 0.3) is 0 Å². The van der Waals surface area contributed by atoms with Crippen LogP contribution in [0.3, 0.4) is 0 Å². The predicted molar refractivity (Wildman–Crippen MR) is 110 cm³/mol. The molecule has 0 radical (unpaired) electrons. The van der Waals surface area contributed by atoms with Gasteiger partial charge in [0.15, 0.2) is 5.65 Å². The summed E-state index contributed by atoms with van der Waals surface area (Å²) in [7, 11) is 3.90. The Morgan fingerprint density at radius 1 is 1.18 bits per heavy atom. The Labute approximate surface area is 164 Å². The van der Waals surface area contributed by atoms with E-state index in [-0.39, 0.29) is 11.9 Å². The molecule has 7 heteroatoms. The Kier molecular flexibility index (Phi) is 5.06. The van der Waals surface area contributed by atoms with Gasteiger partial charge in [-0.2, -0.15) is 0 Å². The lowest BCUT2D eigenvalue weighted by Gasteiger charge is -2.25. The molecule has 0 aliphatic carbocycles. The summed E-state index contributed by atoms with van der Waals surface area (Å²) in [6.45, 7) is 1.35. The van der Waals surface area contributed by atoms with Crippen molar-refractivity contribution in [3.8, 4) is 0 Å². The first-order chi connectivity index (χ1) is 13.6.